The lowest BCUT2D eigenvalue weighted by molar-refractivity contribution is -0.695. The van der Waals surface area contributed by atoms with Crippen LogP contribution >= 0.6 is 11.6 Å². The van der Waals surface area contributed by atoms with Crippen molar-refractivity contribution in [2.24, 2.45) is 0 Å². The van der Waals surface area contributed by atoms with E-state index in [9.17, 15) is 14.7 Å². The number of anilines is 1. The van der Waals surface area contributed by atoms with Crippen molar-refractivity contribution in [3.05, 3.63) is 28.8 Å². The quantitative estimate of drug-likeness (QED) is 0.536. The molecule has 1 atom stereocenters. The molecule has 1 amide bonds. The van der Waals surface area contributed by atoms with E-state index in [1.54, 1.807) is 23.5 Å². The first-order valence-electron chi connectivity index (χ1n) is 6.33. The molecule has 20 heavy (non-hydrogen) atoms. The van der Waals surface area contributed by atoms with Crippen LogP contribution in [0.3, 0.4) is 0 Å². The summed E-state index contributed by atoms with van der Waals surface area (Å²) in [7, 11) is 0. The number of hydrogen-bond acceptors (Lipinski definition) is 3. The zero-order chi connectivity index (χ0) is 15.1. The smallest absolute Gasteiger partial charge is 0.230 e. The molecule has 6 N–H and O–H groups in total. The number of carbonyl (C=O) groups excluding carboxylic acids is 2. The van der Waals surface area contributed by atoms with Gasteiger partial charge >= 0.3 is 0 Å². The van der Waals surface area contributed by atoms with Crippen molar-refractivity contribution in [3.63, 3.8) is 0 Å². The number of carbonyl (C=O) groups is 2. The van der Waals surface area contributed by atoms with Gasteiger partial charge in [0.05, 0.1) is 12.4 Å². The molecule has 0 spiro atoms. The Balaban J connectivity index is 2.60. The molecule has 0 aliphatic carbocycles. The molecule has 6 nitrogen and oxygen atoms in total. The highest BCUT2D eigenvalue weighted by molar-refractivity contribution is 6.31. The first kappa shape index (κ1) is 16.4. The number of carboxylic acids is 1. The van der Waals surface area contributed by atoms with Gasteiger partial charge in [-0.25, -0.2) is 0 Å². The van der Waals surface area contributed by atoms with E-state index in [1.807, 2.05) is 6.92 Å². The fourth-order valence-corrected chi connectivity index (χ4v) is 1.84. The van der Waals surface area contributed by atoms with Gasteiger partial charge in [-0.05, 0) is 24.6 Å². The number of aliphatic carboxylic acids is 1. The number of aryl methyl sites for hydroxylation is 1. The van der Waals surface area contributed by atoms with Crippen molar-refractivity contribution in [1.29, 1.82) is 0 Å². The van der Waals surface area contributed by atoms with Crippen LogP contribution in [0.15, 0.2) is 18.2 Å². The van der Waals surface area contributed by atoms with Gasteiger partial charge in [0, 0.05) is 10.7 Å². The normalized spacial score (nSPS) is 11.9. The molecule has 0 heterocycles. The van der Waals surface area contributed by atoms with Gasteiger partial charge in [-0.15, -0.1) is 0 Å². The molecule has 0 radical (unpaired) electrons. The molecule has 1 rings (SSSR count). The van der Waals surface area contributed by atoms with Gasteiger partial charge < -0.3 is 26.3 Å². The van der Waals surface area contributed by atoms with E-state index in [0.717, 1.165) is 5.56 Å². The van der Waals surface area contributed by atoms with Crippen molar-refractivity contribution in [2.75, 3.05) is 18.4 Å². The molecule has 0 aromatic heterocycles. The predicted octanol–water partition coefficient (Wildman–Crippen LogP) is -2.10. The Morgan fingerprint density at radius 2 is 2.20 bits per heavy atom. The maximum Gasteiger partial charge on any atom is 0.230 e. The summed E-state index contributed by atoms with van der Waals surface area (Å²) in [5.74, 6) is -1.64. The Hall–Kier alpha value is -1.63. The van der Waals surface area contributed by atoms with Gasteiger partial charge in [0.1, 0.15) is 19.1 Å². The molecule has 0 fully saturated rings. The second-order valence-electron chi connectivity index (χ2n) is 4.52. The lowest BCUT2D eigenvalue weighted by atomic mass is 10.2. The molecule has 7 heteroatoms. The Morgan fingerprint density at radius 1 is 1.50 bits per heavy atom. The zero-order valence-electron chi connectivity index (χ0n) is 11.3. The highest BCUT2D eigenvalue weighted by Crippen LogP contribution is 2.19. The standard InChI is InChI=1S/C13H18ClN3O3/c1-8-2-3-9(6-10(8)14)17-12(18)7-11(13(19)20)16-5-4-15/h2-3,6,11,16H,4-5,7,15H2,1H3,(H,17,18)(H,19,20)/p+1/t11-/m1/s1. The van der Waals surface area contributed by atoms with Crippen LogP contribution in [0.2, 0.25) is 5.02 Å². The Bertz CT molecular complexity index is 494. The number of hydrogen-bond donors (Lipinski definition) is 3. The van der Waals surface area contributed by atoms with Gasteiger partial charge in [-0.1, -0.05) is 17.7 Å². The predicted molar refractivity (Wildman–Crippen MR) is 72.8 cm³/mol. The molecular formula is C13H19ClN3O3+. The largest absolute Gasteiger partial charge is 0.544 e. The van der Waals surface area contributed by atoms with Crippen LogP contribution in [0.1, 0.15) is 12.0 Å². The maximum atomic E-state index is 11.8. The van der Waals surface area contributed by atoms with Crippen LogP contribution < -0.4 is 21.5 Å². The average molecular weight is 301 g/mol. The average Bonchev–Trinajstić information content (AvgIpc) is 2.38. The second kappa shape index (κ2) is 7.84. The molecule has 0 bridgehead atoms. The number of carboxylic acid groups (broad SMARTS) is 1. The van der Waals surface area contributed by atoms with Gasteiger partial charge in [-0.3, -0.25) is 4.79 Å². The van der Waals surface area contributed by atoms with Crippen molar-refractivity contribution >= 4 is 29.2 Å². The number of amides is 1. The molecule has 0 aliphatic rings. The fourth-order valence-electron chi connectivity index (χ4n) is 1.66. The molecule has 1 aromatic carbocycles. The summed E-state index contributed by atoms with van der Waals surface area (Å²) in [6, 6.07) is 4.22. The summed E-state index contributed by atoms with van der Waals surface area (Å²) in [5, 5.41) is 15.6. The van der Waals surface area contributed by atoms with E-state index in [-0.39, 0.29) is 12.3 Å². The SMILES string of the molecule is Cc1ccc(NC(=O)C[C@@H]([NH2+]CC[NH3+])C(=O)[O-])cc1Cl. The number of quaternary nitrogens is 2. The number of benzene rings is 1. The van der Waals surface area contributed by atoms with E-state index in [0.29, 0.717) is 23.8 Å². The Kier molecular flexibility index (Phi) is 6.44. The van der Waals surface area contributed by atoms with Crippen LogP contribution in [-0.2, 0) is 9.59 Å². The molecule has 0 unspecified atom stereocenters. The minimum absolute atomic E-state index is 0.159. The molecule has 0 saturated heterocycles. The number of nitrogens with one attached hydrogen (secondary N) is 1. The van der Waals surface area contributed by atoms with Crippen LogP contribution in [0, 0.1) is 6.92 Å². The highest BCUT2D eigenvalue weighted by atomic mass is 35.5. The van der Waals surface area contributed by atoms with E-state index >= 15 is 0 Å². The van der Waals surface area contributed by atoms with Crippen LogP contribution in [0.5, 0.6) is 0 Å². The third-order valence-corrected chi connectivity index (χ3v) is 3.23. The molecule has 0 aliphatic heterocycles. The van der Waals surface area contributed by atoms with Crippen molar-refractivity contribution < 1.29 is 25.7 Å². The second-order valence-corrected chi connectivity index (χ2v) is 4.93. The Labute approximate surface area is 122 Å². The van der Waals surface area contributed by atoms with Gasteiger partial charge in [0.15, 0.2) is 0 Å². The molecule has 0 saturated carbocycles. The van der Waals surface area contributed by atoms with Crippen molar-refractivity contribution in [1.82, 2.24) is 0 Å². The lowest BCUT2D eigenvalue weighted by Gasteiger charge is -2.15. The third-order valence-electron chi connectivity index (χ3n) is 2.82. The molecule has 1 aromatic rings. The van der Waals surface area contributed by atoms with Crippen molar-refractivity contribution in [3.8, 4) is 0 Å². The Morgan fingerprint density at radius 3 is 2.75 bits per heavy atom. The topological polar surface area (TPSA) is 113 Å². The maximum absolute atomic E-state index is 11.8. The van der Waals surface area contributed by atoms with E-state index in [4.69, 9.17) is 11.6 Å². The van der Waals surface area contributed by atoms with Crippen LogP contribution in [0.4, 0.5) is 5.69 Å². The van der Waals surface area contributed by atoms with Gasteiger partial charge in [0.25, 0.3) is 0 Å². The van der Waals surface area contributed by atoms with Crippen LogP contribution in [-0.4, -0.2) is 31.0 Å². The fraction of sp³-hybridized carbons (Fsp3) is 0.385. The lowest BCUT2D eigenvalue weighted by Crippen LogP contribution is -2.95. The molecular weight excluding hydrogens is 282 g/mol. The van der Waals surface area contributed by atoms with Gasteiger partial charge in [-0.2, -0.15) is 0 Å². The number of nitrogens with two attached hydrogens (primary N) is 1. The zero-order valence-corrected chi connectivity index (χ0v) is 12.1. The first-order valence-corrected chi connectivity index (χ1v) is 6.71. The van der Waals surface area contributed by atoms with Gasteiger partial charge in [0.2, 0.25) is 5.91 Å². The summed E-state index contributed by atoms with van der Waals surface area (Å²) in [4.78, 5) is 22.7. The summed E-state index contributed by atoms with van der Waals surface area (Å²) in [5.41, 5.74) is 5.07. The summed E-state index contributed by atoms with van der Waals surface area (Å²) in [6.45, 7) is 2.97. The summed E-state index contributed by atoms with van der Waals surface area (Å²) >= 11 is 5.95. The van der Waals surface area contributed by atoms with Crippen LogP contribution in [0.25, 0.3) is 0 Å². The minimum atomic E-state index is -1.25. The summed E-state index contributed by atoms with van der Waals surface area (Å²) < 4.78 is 0. The number of halogens is 1. The van der Waals surface area contributed by atoms with E-state index in [2.05, 4.69) is 11.1 Å². The first-order chi connectivity index (χ1) is 9.43. The minimum Gasteiger partial charge on any atom is -0.544 e. The molecule has 110 valence electrons. The van der Waals surface area contributed by atoms with Crippen molar-refractivity contribution in [2.45, 2.75) is 19.4 Å². The monoisotopic (exact) mass is 300 g/mol. The summed E-state index contributed by atoms with van der Waals surface area (Å²) in [6.07, 6.45) is -0.159. The van der Waals surface area contributed by atoms with E-state index in [1.165, 1.54) is 0 Å². The number of rotatable bonds is 7. The van der Waals surface area contributed by atoms with E-state index < -0.39 is 12.0 Å². The third kappa shape index (κ3) is 5.16. The highest BCUT2D eigenvalue weighted by Gasteiger charge is 2.18.